The molecule has 0 saturated carbocycles. The molecule has 0 fully saturated rings. The van der Waals surface area contributed by atoms with E-state index in [1.807, 2.05) is 31.7 Å². The number of hydrogen-bond donors (Lipinski definition) is 0. The standard InChI is InChI=1S/C28H33N3O3S/c1-5-26(32)31-15-14-20-12-13-22(16-23(20)27(31)21-10-8-19(4)9-11-21)34-17-25-29-24(18-35-25)28(33)30(6-2)7-3/h8-13,16,18,27H,5-7,14-15,17H2,1-4H3/t27-/m1/s1. The summed E-state index contributed by atoms with van der Waals surface area (Å²) in [6.45, 7) is 10.2. The number of ether oxygens (including phenoxy) is 1. The molecule has 35 heavy (non-hydrogen) atoms. The van der Waals surface area contributed by atoms with Crippen molar-refractivity contribution in [1.29, 1.82) is 0 Å². The maximum atomic E-state index is 12.8. The summed E-state index contributed by atoms with van der Waals surface area (Å²) in [5.74, 6) is 0.840. The Bertz CT molecular complexity index is 1180. The molecular weight excluding hydrogens is 458 g/mol. The molecule has 0 N–H and O–H groups in total. The molecule has 0 unspecified atom stereocenters. The molecule has 184 valence electrons. The third kappa shape index (κ3) is 5.40. The molecule has 2 heterocycles. The van der Waals surface area contributed by atoms with E-state index >= 15 is 0 Å². The highest BCUT2D eigenvalue weighted by Crippen LogP contribution is 2.37. The van der Waals surface area contributed by atoms with Crippen molar-refractivity contribution < 1.29 is 14.3 Å². The predicted octanol–water partition coefficient (Wildman–Crippen LogP) is 5.40. The van der Waals surface area contributed by atoms with Crippen molar-refractivity contribution in [1.82, 2.24) is 14.8 Å². The van der Waals surface area contributed by atoms with Crippen molar-refractivity contribution in [3.63, 3.8) is 0 Å². The zero-order chi connectivity index (χ0) is 24.9. The average molecular weight is 492 g/mol. The second kappa shape index (κ2) is 11.0. The number of hydrogen-bond acceptors (Lipinski definition) is 5. The zero-order valence-electron chi connectivity index (χ0n) is 20.9. The number of aromatic nitrogens is 1. The van der Waals surface area contributed by atoms with E-state index in [4.69, 9.17) is 4.74 Å². The van der Waals surface area contributed by atoms with E-state index in [1.54, 1.807) is 10.3 Å². The van der Waals surface area contributed by atoms with Crippen LogP contribution in [0.25, 0.3) is 0 Å². The molecule has 2 amide bonds. The van der Waals surface area contributed by atoms with E-state index in [0.717, 1.165) is 28.3 Å². The first-order chi connectivity index (χ1) is 16.9. The Hall–Kier alpha value is -3.19. The zero-order valence-corrected chi connectivity index (χ0v) is 21.7. The van der Waals surface area contributed by atoms with Gasteiger partial charge >= 0.3 is 0 Å². The number of carbonyl (C=O) groups excluding carboxylic acids is 2. The first-order valence-corrected chi connectivity index (χ1v) is 13.2. The summed E-state index contributed by atoms with van der Waals surface area (Å²) in [7, 11) is 0. The van der Waals surface area contributed by atoms with Gasteiger partial charge in [0.25, 0.3) is 5.91 Å². The summed E-state index contributed by atoms with van der Waals surface area (Å²) < 4.78 is 6.11. The Morgan fingerprint density at radius 1 is 1.11 bits per heavy atom. The Balaban J connectivity index is 1.57. The van der Waals surface area contributed by atoms with Crippen molar-refractivity contribution in [3.05, 3.63) is 80.8 Å². The van der Waals surface area contributed by atoms with Crippen LogP contribution in [0.3, 0.4) is 0 Å². The molecule has 6 nitrogen and oxygen atoms in total. The molecule has 0 radical (unpaired) electrons. The fraction of sp³-hybridized carbons (Fsp3) is 0.393. The van der Waals surface area contributed by atoms with Gasteiger partial charge in [-0.3, -0.25) is 9.59 Å². The summed E-state index contributed by atoms with van der Waals surface area (Å²) in [5.41, 5.74) is 5.11. The summed E-state index contributed by atoms with van der Waals surface area (Å²) in [5, 5.41) is 2.56. The Morgan fingerprint density at radius 3 is 2.54 bits per heavy atom. The molecule has 1 aliphatic heterocycles. The smallest absolute Gasteiger partial charge is 0.273 e. The van der Waals surface area contributed by atoms with Crippen molar-refractivity contribution in [2.75, 3.05) is 19.6 Å². The minimum atomic E-state index is -0.131. The van der Waals surface area contributed by atoms with Gasteiger partial charge in [-0.15, -0.1) is 11.3 Å². The maximum absolute atomic E-state index is 12.8. The SMILES string of the molecule is CCC(=O)N1CCc2ccc(OCc3nc(C(=O)N(CC)CC)cs3)cc2[C@H]1c1ccc(C)cc1. The van der Waals surface area contributed by atoms with Gasteiger partial charge in [-0.1, -0.05) is 42.8 Å². The highest BCUT2D eigenvalue weighted by molar-refractivity contribution is 7.09. The molecule has 7 heteroatoms. The van der Waals surface area contributed by atoms with E-state index in [1.165, 1.54) is 22.5 Å². The first-order valence-electron chi connectivity index (χ1n) is 12.3. The van der Waals surface area contributed by atoms with Crippen molar-refractivity contribution in [2.24, 2.45) is 0 Å². The Kier molecular flexibility index (Phi) is 7.86. The highest BCUT2D eigenvalue weighted by atomic mass is 32.1. The van der Waals surface area contributed by atoms with Crippen LogP contribution >= 0.6 is 11.3 Å². The minimum Gasteiger partial charge on any atom is -0.486 e. The summed E-state index contributed by atoms with van der Waals surface area (Å²) in [4.78, 5) is 33.6. The molecule has 2 aromatic carbocycles. The Morgan fingerprint density at radius 2 is 1.86 bits per heavy atom. The van der Waals surface area contributed by atoms with Crippen LogP contribution in [0.15, 0.2) is 47.8 Å². The first kappa shape index (κ1) is 24.9. The molecule has 0 aliphatic carbocycles. The number of rotatable bonds is 8. The molecule has 1 atom stereocenters. The molecule has 4 rings (SSSR count). The monoisotopic (exact) mass is 491 g/mol. The maximum Gasteiger partial charge on any atom is 0.273 e. The lowest BCUT2D eigenvalue weighted by atomic mass is 9.87. The molecular formula is C28H33N3O3S. The molecule has 0 spiro atoms. The quantitative estimate of drug-likeness (QED) is 0.423. The van der Waals surface area contributed by atoms with Crippen LogP contribution < -0.4 is 4.74 Å². The van der Waals surface area contributed by atoms with Gasteiger partial charge in [-0.2, -0.15) is 0 Å². The third-order valence-corrected chi connectivity index (χ3v) is 7.37. The van der Waals surface area contributed by atoms with Crippen LogP contribution in [-0.4, -0.2) is 46.2 Å². The topological polar surface area (TPSA) is 62.7 Å². The summed E-state index contributed by atoms with van der Waals surface area (Å²) >= 11 is 1.43. The van der Waals surface area contributed by atoms with E-state index in [-0.39, 0.29) is 17.9 Å². The lowest BCUT2D eigenvalue weighted by Gasteiger charge is -2.38. The number of fused-ring (bicyclic) bond motifs is 1. The van der Waals surface area contributed by atoms with Crippen LogP contribution in [0, 0.1) is 6.92 Å². The van der Waals surface area contributed by atoms with E-state index < -0.39 is 0 Å². The molecule has 3 aromatic rings. The highest BCUT2D eigenvalue weighted by Gasteiger charge is 2.31. The van der Waals surface area contributed by atoms with Crippen LogP contribution in [0.2, 0.25) is 0 Å². The van der Waals surface area contributed by atoms with Gasteiger partial charge in [0.15, 0.2) is 0 Å². The molecule has 0 saturated heterocycles. The predicted molar refractivity (Wildman–Crippen MR) is 139 cm³/mol. The number of nitrogens with zero attached hydrogens (tertiary/aromatic N) is 3. The van der Waals surface area contributed by atoms with E-state index in [0.29, 0.717) is 38.4 Å². The van der Waals surface area contributed by atoms with Crippen LogP contribution in [0.5, 0.6) is 5.75 Å². The van der Waals surface area contributed by atoms with Gasteiger partial charge in [0.05, 0.1) is 6.04 Å². The van der Waals surface area contributed by atoms with Gasteiger partial charge in [-0.25, -0.2) is 4.98 Å². The fourth-order valence-electron chi connectivity index (χ4n) is 4.56. The summed E-state index contributed by atoms with van der Waals surface area (Å²) in [6, 6.07) is 14.4. The number of carbonyl (C=O) groups is 2. The van der Waals surface area contributed by atoms with Gasteiger partial charge < -0.3 is 14.5 Å². The average Bonchev–Trinajstić information content (AvgIpc) is 3.36. The number of benzene rings is 2. The lowest BCUT2D eigenvalue weighted by Crippen LogP contribution is -2.40. The second-order valence-corrected chi connectivity index (χ2v) is 9.70. The van der Waals surface area contributed by atoms with Crippen molar-refractivity contribution in [2.45, 2.75) is 53.2 Å². The minimum absolute atomic E-state index is 0.0482. The van der Waals surface area contributed by atoms with Crippen LogP contribution in [0.4, 0.5) is 0 Å². The van der Waals surface area contributed by atoms with Crippen molar-refractivity contribution in [3.8, 4) is 5.75 Å². The second-order valence-electron chi connectivity index (χ2n) is 8.76. The molecule has 1 aromatic heterocycles. The number of aryl methyl sites for hydroxylation is 1. The van der Waals surface area contributed by atoms with Crippen LogP contribution in [0.1, 0.15) is 71.0 Å². The number of amides is 2. The van der Waals surface area contributed by atoms with Gasteiger partial charge in [0.1, 0.15) is 23.1 Å². The molecule has 1 aliphatic rings. The third-order valence-electron chi connectivity index (χ3n) is 6.55. The number of thiazole rings is 1. The van der Waals surface area contributed by atoms with E-state index in [2.05, 4.69) is 48.3 Å². The van der Waals surface area contributed by atoms with Crippen LogP contribution in [-0.2, 0) is 17.8 Å². The fourth-order valence-corrected chi connectivity index (χ4v) is 5.24. The van der Waals surface area contributed by atoms with E-state index in [9.17, 15) is 9.59 Å². The molecule has 0 bridgehead atoms. The summed E-state index contributed by atoms with van der Waals surface area (Å²) in [6.07, 6.45) is 1.31. The van der Waals surface area contributed by atoms with Gasteiger partial charge in [0, 0.05) is 31.4 Å². The largest absolute Gasteiger partial charge is 0.486 e. The van der Waals surface area contributed by atoms with Gasteiger partial charge in [0.2, 0.25) is 5.91 Å². The Labute approximate surface area is 211 Å². The normalized spacial score (nSPS) is 15.0. The van der Waals surface area contributed by atoms with Crippen molar-refractivity contribution >= 4 is 23.2 Å². The lowest BCUT2D eigenvalue weighted by molar-refractivity contribution is -0.132. The van der Waals surface area contributed by atoms with Gasteiger partial charge in [-0.05, 0) is 56.0 Å².